The van der Waals surface area contributed by atoms with Crippen LogP contribution >= 0.6 is 23.8 Å². The Morgan fingerprint density at radius 1 is 1.12 bits per heavy atom. The molecule has 2 aromatic carbocycles. The fraction of sp³-hybridized carbons (Fsp3) is 0.222. The summed E-state index contributed by atoms with van der Waals surface area (Å²) in [5.74, 6) is 0.479. The van der Waals surface area contributed by atoms with Gasteiger partial charge in [-0.25, -0.2) is 0 Å². The number of thiocarbonyl (C=S) groups is 1. The molecule has 0 saturated heterocycles. The van der Waals surface area contributed by atoms with Gasteiger partial charge in [0.25, 0.3) is 0 Å². The number of amides is 1. The number of carbonyl (C=O) groups is 1. The molecule has 0 aliphatic carbocycles. The van der Waals surface area contributed by atoms with Gasteiger partial charge in [-0.2, -0.15) is 0 Å². The van der Waals surface area contributed by atoms with Crippen LogP contribution in [0.4, 0.5) is 0 Å². The van der Waals surface area contributed by atoms with E-state index in [9.17, 15) is 4.79 Å². The maximum atomic E-state index is 12.0. The van der Waals surface area contributed by atoms with Crippen LogP contribution in [0, 0.1) is 0 Å². The molecular formula is C18H20ClN3O2S. The molecule has 0 fully saturated rings. The predicted molar refractivity (Wildman–Crippen MR) is 104 cm³/mol. The Labute approximate surface area is 157 Å². The van der Waals surface area contributed by atoms with Gasteiger partial charge < -0.3 is 10.1 Å². The molecule has 7 heteroatoms. The third-order valence-corrected chi connectivity index (χ3v) is 3.97. The number of methoxy groups -OCH3 is 1. The van der Waals surface area contributed by atoms with Gasteiger partial charge in [0.05, 0.1) is 13.5 Å². The Kier molecular flexibility index (Phi) is 7.50. The van der Waals surface area contributed by atoms with Crippen molar-refractivity contribution in [1.82, 2.24) is 16.2 Å². The fourth-order valence-corrected chi connectivity index (χ4v) is 2.49. The molecule has 5 nitrogen and oxygen atoms in total. The van der Waals surface area contributed by atoms with Crippen molar-refractivity contribution in [3.05, 3.63) is 64.7 Å². The van der Waals surface area contributed by atoms with Crippen molar-refractivity contribution in [1.29, 1.82) is 0 Å². The lowest BCUT2D eigenvalue weighted by Gasteiger charge is -2.12. The summed E-state index contributed by atoms with van der Waals surface area (Å²) in [7, 11) is 1.58. The van der Waals surface area contributed by atoms with Crippen molar-refractivity contribution >= 4 is 34.8 Å². The minimum absolute atomic E-state index is 0.199. The Hall–Kier alpha value is -2.31. The van der Waals surface area contributed by atoms with E-state index in [1.54, 1.807) is 7.11 Å². The van der Waals surface area contributed by atoms with Gasteiger partial charge in [-0.3, -0.25) is 15.6 Å². The van der Waals surface area contributed by atoms with E-state index in [4.69, 9.17) is 28.6 Å². The molecule has 25 heavy (non-hydrogen) atoms. The molecular weight excluding hydrogens is 358 g/mol. The largest absolute Gasteiger partial charge is 0.496 e. The molecule has 0 heterocycles. The van der Waals surface area contributed by atoms with Crippen LogP contribution in [-0.4, -0.2) is 24.7 Å². The molecule has 0 aromatic heterocycles. The Morgan fingerprint density at radius 2 is 1.84 bits per heavy atom. The standard InChI is InChI=1S/C18H20ClN3O2S/c1-24-16-5-3-2-4-14(16)12-17(23)21-22-18(25)20-11-10-13-6-8-15(19)9-7-13/h2-9H,10-12H2,1H3,(H,21,23)(H2,20,22,25). The van der Waals surface area contributed by atoms with E-state index in [0.717, 1.165) is 17.5 Å². The first-order valence-corrected chi connectivity index (χ1v) is 8.56. The lowest BCUT2D eigenvalue weighted by molar-refractivity contribution is -0.121. The third-order valence-electron chi connectivity index (χ3n) is 3.47. The van der Waals surface area contributed by atoms with Crippen LogP contribution in [0.15, 0.2) is 48.5 Å². The number of hydrazine groups is 1. The molecule has 0 aliphatic rings. The van der Waals surface area contributed by atoms with E-state index in [1.807, 2.05) is 48.5 Å². The van der Waals surface area contributed by atoms with E-state index < -0.39 is 0 Å². The van der Waals surface area contributed by atoms with E-state index in [2.05, 4.69) is 16.2 Å². The third kappa shape index (κ3) is 6.60. The molecule has 2 rings (SSSR count). The van der Waals surface area contributed by atoms with Crippen LogP contribution in [0.5, 0.6) is 5.75 Å². The first kappa shape index (κ1) is 19.0. The molecule has 132 valence electrons. The van der Waals surface area contributed by atoms with Crippen molar-refractivity contribution in [2.24, 2.45) is 0 Å². The number of carbonyl (C=O) groups excluding carboxylic acids is 1. The summed E-state index contributed by atoms with van der Waals surface area (Å²) in [5.41, 5.74) is 7.23. The number of halogens is 1. The average Bonchev–Trinajstić information content (AvgIpc) is 2.62. The highest BCUT2D eigenvalue weighted by Gasteiger charge is 2.08. The van der Waals surface area contributed by atoms with Crippen molar-refractivity contribution in [2.45, 2.75) is 12.8 Å². The zero-order valence-corrected chi connectivity index (χ0v) is 15.4. The van der Waals surface area contributed by atoms with E-state index >= 15 is 0 Å². The molecule has 0 unspecified atom stereocenters. The van der Waals surface area contributed by atoms with Crippen LogP contribution in [0.2, 0.25) is 5.02 Å². The summed E-state index contributed by atoms with van der Waals surface area (Å²) in [6, 6.07) is 15.0. The van der Waals surface area contributed by atoms with Gasteiger partial charge in [0, 0.05) is 17.1 Å². The molecule has 0 aliphatic heterocycles. The predicted octanol–water partition coefficient (Wildman–Crippen LogP) is 2.63. The maximum absolute atomic E-state index is 12.0. The van der Waals surface area contributed by atoms with Crippen molar-refractivity contribution in [3.8, 4) is 5.75 Å². The van der Waals surface area contributed by atoms with Gasteiger partial charge in [-0.15, -0.1) is 0 Å². The Balaban J connectivity index is 1.68. The van der Waals surface area contributed by atoms with Crippen LogP contribution in [0.3, 0.4) is 0 Å². The number of rotatable bonds is 6. The zero-order chi connectivity index (χ0) is 18.1. The first-order valence-electron chi connectivity index (χ1n) is 7.77. The van der Waals surface area contributed by atoms with Crippen LogP contribution < -0.4 is 20.9 Å². The molecule has 2 aromatic rings. The SMILES string of the molecule is COc1ccccc1CC(=O)NNC(=S)NCCc1ccc(Cl)cc1. The summed E-state index contributed by atoms with van der Waals surface area (Å²) in [4.78, 5) is 12.0. The number of hydrogen-bond acceptors (Lipinski definition) is 3. The maximum Gasteiger partial charge on any atom is 0.242 e. The van der Waals surface area contributed by atoms with Crippen molar-refractivity contribution in [3.63, 3.8) is 0 Å². The summed E-state index contributed by atoms with van der Waals surface area (Å²) in [6.07, 6.45) is 0.999. The molecule has 0 saturated carbocycles. The topological polar surface area (TPSA) is 62.4 Å². The monoisotopic (exact) mass is 377 g/mol. The normalized spacial score (nSPS) is 10.0. The molecule has 1 amide bonds. The molecule has 0 atom stereocenters. The Bertz CT molecular complexity index is 723. The minimum Gasteiger partial charge on any atom is -0.496 e. The molecule has 0 radical (unpaired) electrons. The summed E-state index contributed by atoms with van der Waals surface area (Å²) < 4.78 is 5.23. The lowest BCUT2D eigenvalue weighted by atomic mass is 10.1. The molecule has 3 N–H and O–H groups in total. The van der Waals surface area contributed by atoms with Crippen LogP contribution in [0.1, 0.15) is 11.1 Å². The highest BCUT2D eigenvalue weighted by molar-refractivity contribution is 7.80. The van der Waals surface area contributed by atoms with Crippen LogP contribution in [0.25, 0.3) is 0 Å². The number of nitrogens with one attached hydrogen (secondary N) is 3. The van der Waals surface area contributed by atoms with E-state index in [-0.39, 0.29) is 12.3 Å². The number of hydrogen-bond donors (Lipinski definition) is 3. The smallest absolute Gasteiger partial charge is 0.242 e. The second-order valence-corrected chi connectivity index (χ2v) is 6.14. The number of para-hydroxylation sites is 1. The second kappa shape index (κ2) is 9.86. The van der Waals surface area contributed by atoms with Crippen molar-refractivity contribution < 1.29 is 9.53 Å². The summed E-state index contributed by atoms with van der Waals surface area (Å²) in [5, 5.41) is 4.11. The average molecular weight is 378 g/mol. The lowest BCUT2D eigenvalue weighted by Crippen LogP contribution is -2.47. The summed E-state index contributed by atoms with van der Waals surface area (Å²) in [6.45, 7) is 0.649. The van der Waals surface area contributed by atoms with Crippen LogP contribution in [-0.2, 0) is 17.6 Å². The zero-order valence-electron chi connectivity index (χ0n) is 13.8. The fourth-order valence-electron chi connectivity index (χ4n) is 2.21. The number of benzene rings is 2. The highest BCUT2D eigenvalue weighted by Crippen LogP contribution is 2.17. The van der Waals surface area contributed by atoms with Gasteiger partial charge in [-0.1, -0.05) is 41.9 Å². The van der Waals surface area contributed by atoms with Crippen molar-refractivity contribution in [2.75, 3.05) is 13.7 Å². The number of ether oxygens (including phenoxy) is 1. The summed E-state index contributed by atoms with van der Waals surface area (Å²) >= 11 is 11.0. The van der Waals surface area contributed by atoms with Gasteiger partial charge in [0.15, 0.2) is 5.11 Å². The van der Waals surface area contributed by atoms with Gasteiger partial charge in [0.2, 0.25) is 5.91 Å². The highest BCUT2D eigenvalue weighted by atomic mass is 35.5. The van der Waals surface area contributed by atoms with E-state index in [0.29, 0.717) is 22.4 Å². The van der Waals surface area contributed by atoms with E-state index in [1.165, 1.54) is 0 Å². The van der Waals surface area contributed by atoms with Gasteiger partial charge in [0.1, 0.15) is 5.75 Å². The Morgan fingerprint density at radius 3 is 2.56 bits per heavy atom. The quantitative estimate of drug-likeness (QED) is 0.533. The minimum atomic E-state index is -0.202. The van der Waals surface area contributed by atoms with Gasteiger partial charge in [-0.05, 0) is 42.4 Å². The van der Waals surface area contributed by atoms with Gasteiger partial charge >= 0.3 is 0 Å². The first-order chi connectivity index (χ1) is 12.1. The molecule has 0 bridgehead atoms. The molecule has 0 spiro atoms. The second-order valence-electron chi connectivity index (χ2n) is 5.29.